The summed E-state index contributed by atoms with van der Waals surface area (Å²) in [7, 11) is 0. The van der Waals surface area contributed by atoms with Gasteiger partial charge in [-0.25, -0.2) is 0 Å². The summed E-state index contributed by atoms with van der Waals surface area (Å²) < 4.78 is 40.3. The van der Waals surface area contributed by atoms with Gasteiger partial charge in [-0.3, -0.25) is 9.59 Å². The topological polar surface area (TPSA) is 75.6 Å². The molecule has 0 radical (unpaired) electrons. The smallest absolute Gasteiger partial charge is 0.481 e. The Hall–Kier alpha value is -2.55. The number of hydrogen-bond donors (Lipinski definition) is 2. The van der Waals surface area contributed by atoms with Gasteiger partial charge in [-0.15, -0.1) is 13.2 Å². The minimum atomic E-state index is -4.81. The summed E-state index contributed by atoms with van der Waals surface area (Å²) in [6.07, 6.45) is -4.49. The van der Waals surface area contributed by atoms with E-state index in [1.54, 1.807) is 0 Å². The Balaban J connectivity index is 2.01. The Bertz CT molecular complexity index is 729. The number of aryl methyl sites for hydroxylation is 1. The Morgan fingerprint density at radius 2 is 1.88 bits per heavy atom. The molecule has 0 aliphatic heterocycles. The van der Waals surface area contributed by atoms with E-state index in [0.717, 1.165) is 17.7 Å². The molecular formula is C17H16F3NO4S. The second kappa shape index (κ2) is 8.70. The summed E-state index contributed by atoms with van der Waals surface area (Å²) in [4.78, 5) is 23.1. The number of nitrogens with one attached hydrogen (secondary N) is 1. The van der Waals surface area contributed by atoms with Crippen LogP contribution < -0.4 is 10.1 Å². The molecule has 2 rings (SSSR count). The first-order chi connectivity index (χ1) is 12.2. The van der Waals surface area contributed by atoms with Crippen molar-refractivity contribution in [3.8, 4) is 5.75 Å². The van der Waals surface area contributed by atoms with E-state index in [9.17, 15) is 22.8 Å². The summed E-state index contributed by atoms with van der Waals surface area (Å²) in [6, 6.07) is 5.81. The molecule has 0 aliphatic carbocycles. The van der Waals surface area contributed by atoms with Gasteiger partial charge in [-0.1, -0.05) is 12.1 Å². The number of hydrogen-bond acceptors (Lipinski definition) is 4. The van der Waals surface area contributed by atoms with E-state index in [2.05, 4.69) is 10.1 Å². The van der Waals surface area contributed by atoms with Crippen LogP contribution >= 0.6 is 11.3 Å². The quantitative estimate of drug-likeness (QED) is 0.720. The van der Waals surface area contributed by atoms with Crippen molar-refractivity contribution in [2.45, 2.75) is 31.7 Å². The molecule has 1 heterocycles. The molecule has 0 aliphatic rings. The standard InChI is InChI=1S/C17H16F3NO4S/c18-17(19,20)25-13-4-2-12(3-5-13)14(9-16(23)24)21-15(22)6-1-11-7-8-26-10-11/h2-5,7-8,10,14H,1,6,9H2,(H,21,22)(H,23,24). The molecule has 1 aromatic carbocycles. The zero-order valence-corrected chi connectivity index (χ0v) is 14.3. The van der Waals surface area contributed by atoms with E-state index in [0.29, 0.717) is 12.0 Å². The van der Waals surface area contributed by atoms with Crippen LogP contribution in [-0.4, -0.2) is 23.3 Å². The number of benzene rings is 1. The van der Waals surface area contributed by atoms with Crippen LogP contribution in [0.4, 0.5) is 13.2 Å². The van der Waals surface area contributed by atoms with Crippen molar-refractivity contribution in [1.29, 1.82) is 0 Å². The molecule has 9 heteroatoms. The van der Waals surface area contributed by atoms with Crippen LogP contribution in [0.2, 0.25) is 0 Å². The molecule has 0 spiro atoms. The van der Waals surface area contributed by atoms with Crippen LogP contribution in [-0.2, 0) is 16.0 Å². The molecule has 0 saturated heterocycles. The number of amides is 1. The molecule has 1 atom stereocenters. The van der Waals surface area contributed by atoms with Gasteiger partial charge in [0.15, 0.2) is 0 Å². The fourth-order valence-corrected chi connectivity index (χ4v) is 2.99. The third-order valence-electron chi connectivity index (χ3n) is 3.45. The molecule has 140 valence electrons. The monoisotopic (exact) mass is 387 g/mol. The molecule has 1 aromatic heterocycles. The van der Waals surface area contributed by atoms with Gasteiger partial charge in [0.25, 0.3) is 0 Å². The Labute approximate surface area is 151 Å². The molecule has 26 heavy (non-hydrogen) atoms. The predicted molar refractivity (Wildman–Crippen MR) is 88.9 cm³/mol. The van der Waals surface area contributed by atoms with Crippen molar-refractivity contribution in [3.63, 3.8) is 0 Å². The van der Waals surface area contributed by atoms with E-state index < -0.39 is 24.1 Å². The second-order valence-corrected chi connectivity index (χ2v) is 6.25. The summed E-state index contributed by atoms with van der Waals surface area (Å²) >= 11 is 1.51. The predicted octanol–water partition coefficient (Wildman–Crippen LogP) is 3.91. The SMILES string of the molecule is O=C(O)CC(NC(=O)CCc1ccsc1)c1ccc(OC(F)(F)F)cc1. The maximum atomic E-state index is 12.2. The number of rotatable bonds is 8. The lowest BCUT2D eigenvalue weighted by atomic mass is 10.0. The molecular weight excluding hydrogens is 371 g/mol. The average molecular weight is 387 g/mol. The van der Waals surface area contributed by atoms with Gasteiger partial charge in [0.2, 0.25) is 5.91 Å². The Kier molecular flexibility index (Phi) is 6.62. The van der Waals surface area contributed by atoms with Gasteiger partial charge in [0, 0.05) is 6.42 Å². The van der Waals surface area contributed by atoms with Crippen molar-refractivity contribution in [1.82, 2.24) is 5.32 Å². The number of aliphatic carboxylic acids is 1. The first kappa shape index (κ1) is 19.8. The summed E-state index contributed by atoms with van der Waals surface area (Å²) in [5, 5.41) is 15.4. The fraction of sp³-hybridized carbons (Fsp3) is 0.294. The second-order valence-electron chi connectivity index (χ2n) is 5.47. The van der Waals surface area contributed by atoms with Gasteiger partial charge in [-0.2, -0.15) is 11.3 Å². The number of thiophene rings is 1. The van der Waals surface area contributed by atoms with Gasteiger partial charge < -0.3 is 15.2 Å². The lowest BCUT2D eigenvalue weighted by Crippen LogP contribution is -2.30. The Morgan fingerprint density at radius 3 is 2.42 bits per heavy atom. The lowest BCUT2D eigenvalue weighted by Gasteiger charge is -2.18. The minimum absolute atomic E-state index is 0.183. The molecule has 1 unspecified atom stereocenters. The van der Waals surface area contributed by atoms with Gasteiger partial charge in [0.05, 0.1) is 12.5 Å². The maximum absolute atomic E-state index is 12.2. The van der Waals surface area contributed by atoms with E-state index >= 15 is 0 Å². The third-order valence-corrected chi connectivity index (χ3v) is 4.18. The number of carbonyl (C=O) groups excluding carboxylic acids is 1. The van der Waals surface area contributed by atoms with Crippen molar-refractivity contribution in [2.24, 2.45) is 0 Å². The highest BCUT2D eigenvalue weighted by molar-refractivity contribution is 7.07. The highest BCUT2D eigenvalue weighted by atomic mass is 32.1. The van der Waals surface area contributed by atoms with Crippen molar-refractivity contribution in [3.05, 3.63) is 52.2 Å². The van der Waals surface area contributed by atoms with Gasteiger partial charge in [0.1, 0.15) is 5.75 Å². The highest BCUT2D eigenvalue weighted by Crippen LogP contribution is 2.25. The Morgan fingerprint density at radius 1 is 1.19 bits per heavy atom. The zero-order valence-electron chi connectivity index (χ0n) is 13.5. The minimum Gasteiger partial charge on any atom is -0.481 e. The molecule has 2 aromatic rings. The van der Waals surface area contributed by atoms with Crippen LogP contribution in [0.15, 0.2) is 41.1 Å². The van der Waals surface area contributed by atoms with Gasteiger partial charge in [-0.05, 0) is 46.5 Å². The van der Waals surface area contributed by atoms with E-state index in [4.69, 9.17) is 5.11 Å². The fourth-order valence-electron chi connectivity index (χ4n) is 2.29. The lowest BCUT2D eigenvalue weighted by molar-refractivity contribution is -0.274. The number of carboxylic acids is 1. The van der Waals surface area contributed by atoms with Crippen LogP contribution in [0.1, 0.15) is 30.0 Å². The highest BCUT2D eigenvalue weighted by Gasteiger charge is 2.31. The van der Waals surface area contributed by atoms with Crippen molar-refractivity contribution in [2.75, 3.05) is 0 Å². The molecule has 5 nitrogen and oxygen atoms in total. The number of halogens is 3. The molecule has 1 amide bonds. The number of carbonyl (C=O) groups is 2. The summed E-state index contributed by atoms with van der Waals surface area (Å²) in [5.74, 6) is -1.89. The molecule has 0 fully saturated rings. The maximum Gasteiger partial charge on any atom is 0.573 e. The normalized spacial score (nSPS) is 12.4. The van der Waals surface area contributed by atoms with Crippen LogP contribution in [0.25, 0.3) is 0 Å². The zero-order chi connectivity index (χ0) is 19.2. The third kappa shape index (κ3) is 6.75. The summed E-state index contributed by atoms with van der Waals surface area (Å²) in [6.45, 7) is 0. The van der Waals surface area contributed by atoms with E-state index in [1.165, 1.54) is 23.5 Å². The first-order valence-corrected chi connectivity index (χ1v) is 8.55. The van der Waals surface area contributed by atoms with Crippen LogP contribution in [0.3, 0.4) is 0 Å². The van der Waals surface area contributed by atoms with Crippen molar-refractivity contribution >= 4 is 23.2 Å². The van der Waals surface area contributed by atoms with Crippen LogP contribution in [0, 0.1) is 0 Å². The molecule has 0 bridgehead atoms. The molecule has 2 N–H and O–H groups in total. The number of ether oxygens (including phenoxy) is 1. The van der Waals surface area contributed by atoms with Crippen molar-refractivity contribution < 1.29 is 32.6 Å². The van der Waals surface area contributed by atoms with Gasteiger partial charge >= 0.3 is 12.3 Å². The molecule has 0 saturated carbocycles. The average Bonchev–Trinajstić information content (AvgIpc) is 3.04. The number of carboxylic acid groups (broad SMARTS) is 1. The van der Waals surface area contributed by atoms with E-state index in [1.807, 2.05) is 16.8 Å². The summed E-state index contributed by atoms with van der Waals surface area (Å²) in [5.41, 5.74) is 1.39. The number of alkyl halides is 3. The van der Waals surface area contributed by atoms with E-state index in [-0.39, 0.29) is 18.7 Å². The largest absolute Gasteiger partial charge is 0.573 e. The first-order valence-electron chi connectivity index (χ1n) is 7.61. The van der Waals surface area contributed by atoms with Crippen LogP contribution in [0.5, 0.6) is 5.75 Å².